The largest absolute Gasteiger partial charge is 0.330 e. The fourth-order valence-corrected chi connectivity index (χ4v) is 3.45. The van der Waals surface area contributed by atoms with E-state index in [0.717, 1.165) is 34.4 Å². The molecule has 134 valence electrons. The highest BCUT2D eigenvalue weighted by Gasteiger charge is 2.08. The summed E-state index contributed by atoms with van der Waals surface area (Å²) in [6.07, 6.45) is 8.37. The Hall–Kier alpha value is -2.24. The van der Waals surface area contributed by atoms with Crippen LogP contribution in [-0.4, -0.2) is 15.8 Å². The van der Waals surface area contributed by atoms with Crippen LogP contribution < -0.4 is 10.3 Å². The maximum Gasteiger partial charge on any atom is 0.250 e. The molecule has 0 atom stereocenters. The minimum atomic E-state index is 0.0136. The molecule has 4 nitrogen and oxygen atoms in total. The van der Waals surface area contributed by atoms with Crippen LogP contribution in [-0.2, 0) is 6.54 Å². The number of nitrogens with zero attached hydrogens (tertiary/aromatic N) is 2. The number of hydrogen-bond donors (Lipinski definition) is 1. The number of aryl methyl sites for hydroxylation is 1. The van der Waals surface area contributed by atoms with Gasteiger partial charge in [0.1, 0.15) is 0 Å². The Balaban J connectivity index is 1.99. The Morgan fingerprint density at radius 2 is 1.92 bits per heavy atom. The van der Waals surface area contributed by atoms with E-state index in [0.29, 0.717) is 11.6 Å². The molecule has 0 amide bonds. The Morgan fingerprint density at radius 1 is 1.12 bits per heavy atom. The number of anilines is 1. The molecule has 0 bridgehead atoms. The highest BCUT2D eigenvalue weighted by Crippen LogP contribution is 2.32. The lowest BCUT2D eigenvalue weighted by Crippen LogP contribution is -2.18. The van der Waals surface area contributed by atoms with Gasteiger partial charge in [0.15, 0.2) is 0 Å². The summed E-state index contributed by atoms with van der Waals surface area (Å²) in [5.74, 6) is 0. The zero-order valence-corrected chi connectivity index (χ0v) is 16.3. The van der Waals surface area contributed by atoms with E-state index in [9.17, 15) is 4.79 Å². The van der Waals surface area contributed by atoms with Crippen molar-refractivity contribution < 1.29 is 0 Å². The van der Waals surface area contributed by atoms with Crippen LogP contribution in [0.5, 0.6) is 0 Å². The molecule has 3 aromatic rings. The molecule has 2 heterocycles. The molecule has 6 heteroatoms. The van der Waals surface area contributed by atoms with Gasteiger partial charge in [-0.3, -0.25) is 9.78 Å². The normalized spacial score (nSPS) is 10.7. The number of nitrogens with one attached hydrogen (secondary N) is 1. The number of hydrogen-bond acceptors (Lipinski definition) is 4. The SMILES string of the molecule is CCCn1cc(-c2cncc(-c3ccc(NSC)cc3Cl)c2)ccc1=O. The summed E-state index contributed by atoms with van der Waals surface area (Å²) >= 11 is 7.99. The molecule has 0 saturated carbocycles. The third-order valence-corrected chi connectivity index (χ3v) is 4.77. The van der Waals surface area contributed by atoms with Crippen molar-refractivity contribution in [3.8, 4) is 22.3 Å². The molecule has 0 saturated heterocycles. The second kappa shape index (κ2) is 8.43. The van der Waals surface area contributed by atoms with Crippen LogP contribution in [0.2, 0.25) is 5.02 Å². The molecule has 2 aromatic heterocycles. The van der Waals surface area contributed by atoms with Gasteiger partial charge in [-0.1, -0.05) is 36.5 Å². The number of aromatic nitrogens is 2. The highest BCUT2D eigenvalue weighted by molar-refractivity contribution is 7.99. The minimum absolute atomic E-state index is 0.0136. The zero-order chi connectivity index (χ0) is 18.5. The van der Waals surface area contributed by atoms with E-state index < -0.39 is 0 Å². The fraction of sp³-hybridized carbons (Fsp3) is 0.200. The van der Waals surface area contributed by atoms with Gasteiger partial charge in [0.25, 0.3) is 5.56 Å². The lowest BCUT2D eigenvalue weighted by Gasteiger charge is -2.10. The van der Waals surface area contributed by atoms with Crippen LogP contribution in [0.4, 0.5) is 5.69 Å². The molecule has 26 heavy (non-hydrogen) atoms. The van der Waals surface area contributed by atoms with E-state index in [1.165, 1.54) is 11.9 Å². The third-order valence-electron chi connectivity index (χ3n) is 4.02. The van der Waals surface area contributed by atoms with Crippen molar-refractivity contribution in [3.63, 3.8) is 0 Å². The summed E-state index contributed by atoms with van der Waals surface area (Å²) in [6, 6.07) is 11.4. The number of benzene rings is 1. The van der Waals surface area contributed by atoms with Crippen molar-refractivity contribution in [2.24, 2.45) is 0 Å². The third kappa shape index (κ3) is 4.11. The van der Waals surface area contributed by atoms with E-state index in [1.54, 1.807) is 23.0 Å². The molecule has 0 spiro atoms. The first kappa shape index (κ1) is 18.5. The topological polar surface area (TPSA) is 46.9 Å². The molecule has 0 aliphatic heterocycles. The molecule has 1 aromatic carbocycles. The molecule has 0 unspecified atom stereocenters. The predicted octanol–water partition coefficient (Wildman–Crippen LogP) is 5.33. The first-order valence-corrected chi connectivity index (χ1v) is 9.97. The monoisotopic (exact) mass is 385 g/mol. The van der Waals surface area contributed by atoms with Crippen LogP contribution in [0, 0.1) is 0 Å². The first-order valence-electron chi connectivity index (χ1n) is 8.37. The van der Waals surface area contributed by atoms with Gasteiger partial charge in [0.2, 0.25) is 0 Å². The van der Waals surface area contributed by atoms with Crippen molar-refractivity contribution in [2.75, 3.05) is 11.0 Å². The standard InChI is InChI=1S/C20H20ClN3OS/c1-3-8-24-13-14(4-7-20(24)25)15-9-16(12-22-11-15)18-6-5-17(23-26-2)10-19(18)21/h4-7,9-13,23H,3,8H2,1-2H3. The average molecular weight is 386 g/mol. The molecule has 0 radical (unpaired) electrons. The van der Waals surface area contributed by atoms with Gasteiger partial charge in [-0.05, 0) is 36.2 Å². The van der Waals surface area contributed by atoms with Crippen LogP contribution in [0.25, 0.3) is 22.3 Å². The summed E-state index contributed by atoms with van der Waals surface area (Å²) in [7, 11) is 0. The summed E-state index contributed by atoms with van der Waals surface area (Å²) in [5.41, 5.74) is 4.76. The maximum atomic E-state index is 11.9. The Bertz CT molecular complexity index is 971. The zero-order valence-electron chi connectivity index (χ0n) is 14.7. The van der Waals surface area contributed by atoms with E-state index >= 15 is 0 Å². The van der Waals surface area contributed by atoms with Crippen molar-refractivity contribution in [2.45, 2.75) is 19.9 Å². The summed E-state index contributed by atoms with van der Waals surface area (Å²) < 4.78 is 4.91. The van der Waals surface area contributed by atoms with E-state index in [2.05, 4.69) is 16.6 Å². The van der Waals surface area contributed by atoms with Crippen molar-refractivity contribution in [1.82, 2.24) is 9.55 Å². The Kier molecular flexibility index (Phi) is 6.01. The Labute approximate surface area is 162 Å². The summed E-state index contributed by atoms with van der Waals surface area (Å²) in [5, 5.41) is 0.666. The smallest absolute Gasteiger partial charge is 0.250 e. The van der Waals surface area contributed by atoms with Gasteiger partial charge in [-0.2, -0.15) is 0 Å². The first-order chi connectivity index (χ1) is 12.6. The molecule has 0 aliphatic rings. The van der Waals surface area contributed by atoms with Crippen molar-refractivity contribution in [3.05, 3.63) is 70.4 Å². The van der Waals surface area contributed by atoms with E-state index in [4.69, 9.17) is 11.6 Å². The number of halogens is 1. The predicted molar refractivity (Wildman–Crippen MR) is 112 cm³/mol. The van der Waals surface area contributed by atoms with E-state index in [-0.39, 0.29) is 5.56 Å². The second-order valence-electron chi connectivity index (χ2n) is 5.91. The van der Waals surface area contributed by atoms with Gasteiger partial charge < -0.3 is 9.29 Å². The minimum Gasteiger partial charge on any atom is -0.330 e. The molecule has 0 aliphatic carbocycles. The molecular formula is C20H20ClN3OS. The van der Waals surface area contributed by atoms with Gasteiger partial charge in [0.05, 0.1) is 5.02 Å². The molecule has 3 rings (SSSR count). The Morgan fingerprint density at radius 3 is 2.65 bits per heavy atom. The van der Waals surface area contributed by atoms with Gasteiger partial charge in [0, 0.05) is 59.8 Å². The second-order valence-corrected chi connectivity index (χ2v) is 6.93. The number of pyridine rings is 2. The van der Waals surface area contributed by atoms with Crippen molar-refractivity contribution in [1.29, 1.82) is 0 Å². The van der Waals surface area contributed by atoms with Crippen LogP contribution >= 0.6 is 23.5 Å². The van der Waals surface area contributed by atoms with Crippen LogP contribution in [0.3, 0.4) is 0 Å². The van der Waals surface area contributed by atoms with Crippen LogP contribution in [0.15, 0.2) is 59.8 Å². The van der Waals surface area contributed by atoms with Crippen LogP contribution in [0.1, 0.15) is 13.3 Å². The van der Waals surface area contributed by atoms with Crippen molar-refractivity contribution >= 4 is 29.2 Å². The number of rotatable bonds is 6. The average Bonchev–Trinajstić information content (AvgIpc) is 2.64. The summed E-state index contributed by atoms with van der Waals surface area (Å²) in [4.78, 5) is 16.3. The molecular weight excluding hydrogens is 366 g/mol. The maximum absolute atomic E-state index is 11.9. The lowest BCUT2D eigenvalue weighted by molar-refractivity contribution is 0.655. The molecule has 1 N–H and O–H groups in total. The summed E-state index contributed by atoms with van der Waals surface area (Å²) in [6.45, 7) is 2.76. The highest BCUT2D eigenvalue weighted by atomic mass is 35.5. The van der Waals surface area contributed by atoms with Gasteiger partial charge in [-0.15, -0.1) is 0 Å². The molecule has 0 fully saturated rings. The quantitative estimate of drug-likeness (QED) is 0.582. The fourth-order valence-electron chi connectivity index (χ4n) is 2.79. The van der Waals surface area contributed by atoms with E-state index in [1.807, 2.05) is 42.8 Å². The van der Waals surface area contributed by atoms with Gasteiger partial charge >= 0.3 is 0 Å². The lowest BCUT2D eigenvalue weighted by atomic mass is 10.0. The van der Waals surface area contributed by atoms with Gasteiger partial charge in [-0.25, -0.2) is 0 Å².